The molecule has 19 heavy (non-hydrogen) atoms. The molecule has 1 rings (SSSR count). The molecule has 0 saturated carbocycles. The molecule has 0 aliphatic rings. The summed E-state index contributed by atoms with van der Waals surface area (Å²) in [6.45, 7) is 5.28. The topological polar surface area (TPSA) is 52.6 Å². The summed E-state index contributed by atoms with van der Waals surface area (Å²) in [5.74, 6) is 1.12. The van der Waals surface area contributed by atoms with Crippen molar-refractivity contribution < 1.29 is 19.1 Å². The van der Waals surface area contributed by atoms with Crippen molar-refractivity contribution in [3.05, 3.63) is 22.8 Å². The molecule has 0 spiro atoms. The first-order valence-corrected chi connectivity index (χ1v) is 6.17. The van der Waals surface area contributed by atoms with Gasteiger partial charge in [0.1, 0.15) is 17.3 Å². The van der Waals surface area contributed by atoms with E-state index in [1.165, 1.54) is 14.0 Å². The van der Waals surface area contributed by atoms with E-state index in [-0.39, 0.29) is 24.4 Å². The molecule has 0 aliphatic heterocycles. The van der Waals surface area contributed by atoms with E-state index in [0.29, 0.717) is 17.1 Å². The molecule has 104 valence electrons. The van der Waals surface area contributed by atoms with Crippen LogP contribution in [0.4, 0.5) is 0 Å². The fourth-order valence-corrected chi connectivity index (χ4v) is 1.97. The van der Waals surface area contributed by atoms with Gasteiger partial charge in [-0.25, -0.2) is 0 Å². The van der Waals surface area contributed by atoms with E-state index in [1.54, 1.807) is 13.2 Å². The average Bonchev–Trinajstić information content (AvgIpc) is 2.38. The summed E-state index contributed by atoms with van der Waals surface area (Å²) in [4.78, 5) is 23.1. The van der Waals surface area contributed by atoms with Crippen LogP contribution in [0.5, 0.6) is 11.5 Å². The Morgan fingerprint density at radius 1 is 1.05 bits per heavy atom. The summed E-state index contributed by atoms with van der Waals surface area (Å²) in [5.41, 5.74) is 2.30. The van der Waals surface area contributed by atoms with Crippen molar-refractivity contribution >= 4 is 11.6 Å². The van der Waals surface area contributed by atoms with Crippen molar-refractivity contribution in [2.75, 3.05) is 14.2 Å². The summed E-state index contributed by atoms with van der Waals surface area (Å²) in [6.07, 6.45) is 0.439. The van der Waals surface area contributed by atoms with Gasteiger partial charge in [-0.3, -0.25) is 4.79 Å². The zero-order chi connectivity index (χ0) is 14.6. The molecular formula is C15H20O4. The molecule has 1 aromatic rings. The van der Waals surface area contributed by atoms with E-state index in [1.807, 2.05) is 13.8 Å². The van der Waals surface area contributed by atoms with Crippen molar-refractivity contribution in [3.63, 3.8) is 0 Å². The van der Waals surface area contributed by atoms with Crippen LogP contribution in [0.15, 0.2) is 6.07 Å². The maximum atomic E-state index is 12.2. The number of benzene rings is 1. The van der Waals surface area contributed by atoms with Gasteiger partial charge in [0.2, 0.25) is 0 Å². The maximum Gasteiger partial charge on any atom is 0.167 e. The first kappa shape index (κ1) is 15.2. The van der Waals surface area contributed by atoms with Gasteiger partial charge in [0.15, 0.2) is 5.78 Å². The van der Waals surface area contributed by atoms with Crippen molar-refractivity contribution in [2.24, 2.45) is 0 Å². The van der Waals surface area contributed by atoms with Gasteiger partial charge >= 0.3 is 0 Å². The Labute approximate surface area is 113 Å². The number of ether oxygens (including phenoxy) is 2. The lowest BCUT2D eigenvalue weighted by molar-refractivity contribution is -0.116. The fraction of sp³-hybridized carbons (Fsp3) is 0.467. The normalized spacial score (nSPS) is 10.2. The number of methoxy groups -OCH3 is 2. The number of hydrogen-bond acceptors (Lipinski definition) is 4. The molecule has 0 amide bonds. The second-order valence-electron chi connectivity index (χ2n) is 4.53. The third-order valence-corrected chi connectivity index (χ3v) is 3.22. The molecule has 0 N–H and O–H groups in total. The lowest BCUT2D eigenvalue weighted by Gasteiger charge is -2.16. The summed E-state index contributed by atoms with van der Waals surface area (Å²) in [7, 11) is 3.11. The Kier molecular flexibility index (Phi) is 5.10. The Hall–Kier alpha value is -1.84. The summed E-state index contributed by atoms with van der Waals surface area (Å²) in [6, 6.07) is 1.68. The lowest BCUT2D eigenvalue weighted by atomic mass is 9.98. The minimum atomic E-state index is -0.103. The van der Waals surface area contributed by atoms with Crippen molar-refractivity contribution in [1.82, 2.24) is 0 Å². The number of rotatable bonds is 6. The van der Waals surface area contributed by atoms with Crippen LogP contribution < -0.4 is 9.47 Å². The molecule has 0 heterocycles. The molecule has 0 fully saturated rings. The highest BCUT2D eigenvalue weighted by Gasteiger charge is 2.19. The van der Waals surface area contributed by atoms with E-state index in [0.717, 1.165) is 11.1 Å². The van der Waals surface area contributed by atoms with Gasteiger partial charge in [0, 0.05) is 12.8 Å². The second kappa shape index (κ2) is 6.36. The monoisotopic (exact) mass is 264 g/mol. The summed E-state index contributed by atoms with van der Waals surface area (Å²) >= 11 is 0. The van der Waals surface area contributed by atoms with Gasteiger partial charge in [-0.05, 0) is 38.0 Å². The highest BCUT2D eigenvalue weighted by molar-refractivity contribution is 6.01. The van der Waals surface area contributed by atoms with E-state index >= 15 is 0 Å². The minimum absolute atomic E-state index is 0.00288. The van der Waals surface area contributed by atoms with Crippen LogP contribution in [-0.2, 0) is 4.79 Å². The van der Waals surface area contributed by atoms with Crippen molar-refractivity contribution in [1.29, 1.82) is 0 Å². The van der Waals surface area contributed by atoms with Crippen LogP contribution in [-0.4, -0.2) is 25.8 Å². The largest absolute Gasteiger partial charge is 0.496 e. The SMILES string of the molecule is COc1cc(C(=O)CCC(C)=O)c(OC)c(C)c1C. The molecule has 0 atom stereocenters. The molecular weight excluding hydrogens is 244 g/mol. The van der Waals surface area contributed by atoms with Crippen LogP contribution in [0, 0.1) is 13.8 Å². The van der Waals surface area contributed by atoms with Gasteiger partial charge in [-0.2, -0.15) is 0 Å². The second-order valence-corrected chi connectivity index (χ2v) is 4.53. The molecule has 0 radical (unpaired) electrons. The van der Waals surface area contributed by atoms with Gasteiger partial charge in [-0.15, -0.1) is 0 Å². The van der Waals surface area contributed by atoms with Crippen LogP contribution >= 0.6 is 0 Å². The highest BCUT2D eigenvalue weighted by atomic mass is 16.5. The Balaban J connectivity index is 3.21. The molecule has 4 heteroatoms. The third-order valence-electron chi connectivity index (χ3n) is 3.22. The molecule has 0 bridgehead atoms. The Bertz CT molecular complexity index is 503. The van der Waals surface area contributed by atoms with E-state index < -0.39 is 0 Å². The zero-order valence-electron chi connectivity index (χ0n) is 12.1. The third kappa shape index (κ3) is 3.34. The highest BCUT2D eigenvalue weighted by Crippen LogP contribution is 2.34. The van der Waals surface area contributed by atoms with E-state index in [9.17, 15) is 9.59 Å². The summed E-state index contributed by atoms with van der Waals surface area (Å²) in [5, 5.41) is 0. The molecule has 0 unspecified atom stereocenters. The Morgan fingerprint density at radius 3 is 2.16 bits per heavy atom. The Morgan fingerprint density at radius 2 is 1.68 bits per heavy atom. The first-order valence-electron chi connectivity index (χ1n) is 6.17. The van der Waals surface area contributed by atoms with Crippen molar-refractivity contribution in [3.8, 4) is 11.5 Å². The molecule has 0 saturated heterocycles. The predicted octanol–water partition coefficient (Wildman–Crippen LogP) is 2.87. The number of carbonyl (C=O) groups excluding carboxylic acids is 2. The average molecular weight is 264 g/mol. The van der Waals surface area contributed by atoms with Crippen LogP contribution in [0.1, 0.15) is 41.3 Å². The quantitative estimate of drug-likeness (QED) is 0.741. The van der Waals surface area contributed by atoms with E-state index in [4.69, 9.17) is 9.47 Å². The van der Waals surface area contributed by atoms with E-state index in [2.05, 4.69) is 0 Å². The lowest BCUT2D eigenvalue weighted by Crippen LogP contribution is -2.07. The smallest absolute Gasteiger partial charge is 0.167 e. The van der Waals surface area contributed by atoms with Gasteiger partial charge < -0.3 is 14.3 Å². The zero-order valence-corrected chi connectivity index (χ0v) is 12.1. The van der Waals surface area contributed by atoms with Crippen LogP contribution in [0.25, 0.3) is 0 Å². The maximum absolute atomic E-state index is 12.2. The number of Topliss-reactive ketones (excluding diaryl/α,β-unsaturated/α-hetero) is 2. The molecule has 0 aromatic heterocycles. The standard InChI is InChI=1S/C15H20O4/c1-9(16)6-7-13(17)12-8-14(18-4)10(2)11(3)15(12)19-5/h8H,6-7H2,1-5H3. The molecule has 0 aliphatic carbocycles. The molecule has 4 nitrogen and oxygen atoms in total. The van der Waals surface area contributed by atoms with Crippen LogP contribution in [0.3, 0.4) is 0 Å². The van der Waals surface area contributed by atoms with Gasteiger partial charge in [-0.1, -0.05) is 0 Å². The van der Waals surface area contributed by atoms with Gasteiger partial charge in [0.05, 0.1) is 19.8 Å². The van der Waals surface area contributed by atoms with Gasteiger partial charge in [0.25, 0.3) is 0 Å². The number of carbonyl (C=O) groups is 2. The summed E-state index contributed by atoms with van der Waals surface area (Å²) < 4.78 is 10.6. The molecule has 1 aromatic carbocycles. The predicted molar refractivity (Wildman–Crippen MR) is 73.3 cm³/mol. The fourth-order valence-electron chi connectivity index (χ4n) is 1.97. The minimum Gasteiger partial charge on any atom is -0.496 e. The number of hydrogen-bond donors (Lipinski definition) is 0. The first-order chi connectivity index (χ1) is 8.92. The number of ketones is 2. The van der Waals surface area contributed by atoms with Crippen molar-refractivity contribution in [2.45, 2.75) is 33.6 Å². The van der Waals surface area contributed by atoms with Crippen LogP contribution in [0.2, 0.25) is 0 Å².